The van der Waals surface area contributed by atoms with Gasteiger partial charge >= 0.3 is 0 Å². The standard InChI is InChI=1S/C22H33N3O5S/c1-15-12-25(16(2)14-26)22(27)19-10-18(17-8-6-5-7-9-17)11-23-21(19)30-20(15)13-24(3)31(4,28)29/h8,10-11,15-16,20,26H,5-7,9,12-14H2,1-4H3/t15-,16+,20+/m1/s1. The third kappa shape index (κ3) is 5.45. The van der Waals surface area contributed by atoms with Crippen LogP contribution in [0.25, 0.3) is 5.57 Å². The fourth-order valence-corrected chi connectivity index (χ4v) is 4.40. The average Bonchev–Trinajstić information content (AvgIpc) is 2.75. The van der Waals surface area contributed by atoms with Crippen molar-refractivity contribution in [2.75, 3.05) is 33.0 Å². The first-order valence-electron chi connectivity index (χ1n) is 10.8. The molecule has 0 saturated heterocycles. The number of fused-ring (bicyclic) bond motifs is 1. The summed E-state index contributed by atoms with van der Waals surface area (Å²) in [6, 6.07) is 1.44. The molecule has 31 heavy (non-hydrogen) atoms. The van der Waals surface area contributed by atoms with Crippen LogP contribution in [0.15, 0.2) is 18.3 Å². The third-order valence-corrected chi connectivity index (χ3v) is 7.47. The maximum absolute atomic E-state index is 13.4. The zero-order valence-corrected chi connectivity index (χ0v) is 19.6. The molecule has 1 amide bonds. The van der Waals surface area contributed by atoms with Crippen LogP contribution in [-0.2, 0) is 10.0 Å². The largest absolute Gasteiger partial charge is 0.472 e. The Morgan fingerprint density at radius 2 is 2.13 bits per heavy atom. The van der Waals surface area contributed by atoms with Gasteiger partial charge in [-0.2, -0.15) is 0 Å². The monoisotopic (exact) mass is 451 g/mol. The normalized spacial score (nSPS) is 23.5. The number of carbonyl (C=O) groups excluding carboxylic acids is 1. The highest BCUT2D eigenvalue weighted by Crippen LogP contribution is 2.32. The van der Waals surface area contributed by atoms with Crippen molar-refractivity contribution in [3.05, 3.63) is 29.5 Å². The van der Waals surface area contributed by atoms with Crippen molar-refractivity contribution in [3.63, 3.8) is 0 Å². The summed E-state index contributed by atoms with van der Waals surface area (Å²) >= 11 is 0. The molecule has 0 radical (unpaired) electrons. The van der Waals surface area contributed by atoms with Gasteiger partial charge in [0.25, 0.3) is 5.91 Å². The molecule has 1 aromatic heterocycles. The number of rotatable bonds is 6. The molecule has 1 aliphatic carbocycles. The van der Waals surface area contributed by atoms with Crippen LogP contribution in [0.1, 0.15) is 55.5 Å². The van der Waals surface area contributed by atoms with Crippen molar-refractivity contribution < 1.29 is 23.1 Å². The number of hydrogen-bond acceptors (Lipinski definition) is 6. The van der Waals surface area contributed by atoms with E-state index in [4.69, 9.17) is 4.74 Å². The molecule has 8 nitrogen and oxygen atoms in total. The Kier molecular flexibility index (Phi) is 7.39. The maximum atomic E-state index is 13.4. The van der Waals surface area contributed by atoms with E-state index >= 15 is 0 Å². The number of nitrogens with zero attached hydrogens (tertiary/aromatic N) is 3. The van der Waals surface area contributed by atoms with Gasteiger partial charge in [0.1, 0.15) is 11.7 Å². The minimum absolute atomic E-state index is 0.142. The molecule has 1 N–H and O–H groups in total. The number of sulfonamides is 1. The molecule has 3 rings (SSSR count). The van der Waals surface area contributed by atoms with Crippen molar-refractivity contribution in [1.82, 2.24) is 14.2 Å². The number of amides is 1. The van der Waals surface area contributed by atoms with Crippen LogP contribution in [0.2, 0.25) is 0 Å². The van der Waals surface area contributed by atoms with Crippen molar-refractivity contribution >= 4 is 21.5 Å². The molecular formula is C22H33N3O5S. The Bertz CT molecular complexity index is 946. The molecule has 0 unspecified atom stereocenters. The zero-order chi connectivity index (χ0) is 22.8. The van der Waals surface area contributed by atoms with E-state index in [1.807, 2.05) is 13.0 Å². The molecule has 3 atom stereocenters. The SMILES string of the molecule is C[C@@H]1CN([C@@H](C)CO)C(=O)c2cc(C3=CCCCC3)cnc2O[C@H]1CN(C)S(C)(=O)=O. The predicted octanol–water partition coefficient (Wildman–Crippen LogP) is 2.15. The molecule has 0 bridgehead atoms. The summed E-state index contributed by atoms with van der Waals surface area (Å²) in [5.41, 5.74) is 2.44. The molecule has 2 aliphatic rings. The van der Waals surface area contributed by atoms with Gasteiger partial charge in [-0.1, -0.05) is 13.0 Å². The number of aliphatic hydroxyl groups is 1. The van der Waals surface area contributed by atoms with Crippen molar-refractivity contribution in [2.45, 2.75) is 51.7 Å². The molecule has 0 spiro atoms. The molecular weight excluding hydrogens is 418 g/mol. The smallest absolute Gasteiger partial charge is 0.259 e. The molecule has 172 valence electrons. The van der Waals surface area contributed by atoms with Crippen LogP contribution in [0.4, 0.5) is 0 Å². The van der Waals surface area contributed by atoms with Crippen LogP contribution < -0.4 is 4.74 Å². The lowest BCUT2D eigenvalue weighted by molar-refractivity contribution is 0.0373. The Balaban J connectivity index is 2.02. The third-order valence-electron chi connectivity index (χ3n) is 6.19. The number of hydrogen-bond donors (Lipinski definition) is 1. The quantitative estimate of drug-likeness (QED) is 0.711. The summed E-state index contributed by atoms with van der Waals surface area (Å²) in [5.74, 6) is -0.194. The van der Waals surface area contributed by atoms with E-state index < -0.39 is 16.1 Å². The fourth-order valence-electron chi connectivity index (χ4n) is 3.98. The van der Waals surface area contributed by atoms with Crippen LogP contribution in [0, 0.1) is 5.92 Å². The van der Waals surface area contributed by atoms with E-state index in [0.29, 0.717) is 12.1 Å². The summed E-state index contributed by atoms with van der Waals surface area (Å²) in [6.45, 7) is 4.03. The van der Waals surface area contributed by atoms with Crippen LogP contribution in [0.5, 0.6) is 5.88 Å². The topological polar surface area (TPSA) is 100 Å². The Morgan fingerprint density at radius 1 is 1.39 bits per heavy atom. The van der Waals surface area contributed by atoms with E-state index in [9.17, 15) is 18.3 Å². The van der Waals surface area contributed by atoms with Gasteiger partial charge in [-0.15, -0.1) is 0 Å². The molecule has 0 aromatic carbocycles. The maximum Gasteiger partial charge on any atom is 0.259 e. The molecule has 9 heteroatoms. The fraction of sp³-hybridized carbons (Fsp3) is 0.636. The van der Waals surface area contributed by atoms with Gasteiger partial charge in [0.15, 0.2) is 0 Å². The summed E-state index contributed by atoms with van der Waals surface area (Å²) in [6.07, 6.45) is 8.83. The first-order chi connectivity index (χ1) is 14.6. The number of likely N-dealkylation sites (N-methyl/N-ethyl adjacent to an activating group) is 1. The van der Waals surface area contributed by atoms with E-state index in [0.717, 1.165) is 31.1 Å². The van der Waals surface area contributed by atoms with Crippen molar-refractivity contribution in [3.8, 4) is 5.88 Å². The predicted molar refractivity (Wildman–Crippen MR) is 119 cm³/mol. The lowest BCUT2D eigenvalue weighted by Gasteiger charge is -2.37. The number of aromatic nitrogens is 1. The Hall–Kier alpha value is -1.97. The lowest BCUT2D eigenvalue weighted by atomic mass is 9.93. The van der Waals surface area contributed by atoms with Crippen molar-refractivity contribution in [2.24, 2.45) is 5.92 Å². The first-order valence-corrected chi connectivity index (χ1v) is 12.7. The van der Waals surface area contributed by atoms with Crippen LogP contribution >= 0.6 is 0 Å². The van der Waals surface area contributed by atoms with Gasteiger partial charge in [-0.25, -0.2) is 17.7 Å². The minimum Gasteiger partial charge on any atom is -0.472 e. The minimum atomic E-state index is -3.39. The summed E-state index contributed by atoms with van der Waals surface area (Å²) in [4.78, 5) is 19.5. The lowest BCUT2D eigenvalue weighted by Crippen LogP contribution is -2.50. The average molecular weight is 452 g/mol. The van der Waals surface area contributed by atoms with Gasteiger partial charge in [0.2, 0.25) is 15.9 Å². The molecule has 1 aromatic rings. The Labute approximate surface area is 185 Å². The number of allylic oxidation sites excluding steroid dienone is 2. The van der Waals surface area contributed by atoms with Crippen molar-refractivity contribution in [1.29, 1.82) is 0 Å². The van der Waals surface area contributed by atoms with Gasteiger partial charge in [-0.05, 0) is 49.8 Å². The van der Waals surface area contributed by atoms with E-state index in [-0.39, 0.29) is 36.9 Å². The highest BCUT2D eigenvalue weighted by molar-refractivity contribution is 7.88. The number of carbonyl (C=O) groups is 1. The second-order valence-corrected chi connectivity index (χ2v) is 10.8. The van der Waals surface area contributed by atoms with Gasteiger partial charge in [-0.3, -0.25) is 4.79 Å². The first kappa shape index (κ1) is 23.7. The van der Waals surface area contributed by atoms with Crippen LogP contribution in [-0.4, -0.2) is 78.8 Å². The van der Waals surface area contributed by atoms with Gasteiger partial charge < -0.3 is 14.7 Å². The van der Waals surface area contributed by atoms with E-state index in [2.05, 4.69) is 11.1 Å². The second kappa shape index (κ2) is 9.67. The molecule has 0 saturated carbocycles. The second-order valence-electron chi connectivity index (χ2n) is 8.72. The summed E-state index contributed by atoms with van der Waals surface area (Å²) in [7, 11) is -1.88. The highest BCUT2D eigenvalue weighted by atomic mass is 32.2. The van der Waals surface area contributed by atoms with Gasteiger partial charge in [0, 0.05) is 25.7 Å². The van der Waals surface area contributed by atoms with Gasteiger partial charge in [0.05, 0.1) is 25.4 Å². The van der Waals surface area contributed by atoms with E-state index in [1.165, 1.54) is 23.3 Å². The van der Waals surface area contributed by atoms with Crippen LogP contribution in [0.3, 0.4) is 0 Å². The summed E-state index contributed by atoms with van der Waals surface area (Å²) in [5, 5.41) is 9.74. The number of aliphatic hydroxyl groups excluding tert-OH is 1. The summed E-state index contributed by atoms with van der Waals surface area (Å²) < 4.78 is 31.3. The highest BCUT2D eigenvalue weighted by Gasteiger charge is 2.35. The molecule has 0 fully saturated rings. The van der Waals surface area contributed by atoms with E-state index in [1.54, 1.807) is 18.0 Å². The molecule has 1 aliphatic heterocycles. The number of ether oxygens (including phenoxy) is 1. The number of pyridine rings is 1. The zero-order valence-electron chi connectivity index (χ0n) is 18.7. The molecule has 2 heterocycles. The Morgan fingerprint density at radius 3 is 2.74 bits per heavy atom.